The van der Waals surface area contributed by atoms with E-state index in [1.807, 2.05) is 6.07 Å². The molecule has 0 spiro atoms. The third kappa shape index (κ3) is 3.68. The van der Waals surface area contributed by atoms with Crippen LogP contribution >= 0.6 is 0 Å². The number of nitrogens with one attached hydrogen (secondary N) is 2. The Hall–Kier alpha value is -3.49. The zero-order valence-electron chi connectivity index (χ0n) is 17.9. The van der Waals surface area contributed by atoms with E-state index >= 15 is 0 Å². The third-order valence-electron chi connectivity index (χ3n) is 6.18. The molecule has 1 fully saturated rings. The molecular weight excluding hydrogens is 406 g/mol. The largest absolute Gasteiger partial charge is 0.494 e. The monoisotopic (exact) mass is 431 g/mol. The number of amides is 1. The van der Waals surface area contributed by atoms with Crippen LogP contribution in [-0.2, 0) is 0 Å². The van der Waals surface area contributed by atoms with E-state index in [9.17, 15) is 14.7 Å². The molecule has 0 aliphatic carbocycles. The van der Waals surface area contributed by atoms with Gasteiger partial charge in [-0.25, -0.2) is 4.99 Å². The molecule has 2 aromatic carbocycles. The number of fused-ring (bicyclic) bond motifs is 2. The summed E-state index contributed by atoms with van der Waals surface area (Å²) in [5.74, 6) is -0.554. The highest BCUT2D eigenvalue weighted by Gasteiger charge is 2.30. The van der Waals surface area contributed by atoms with Gasteiger partial charge in [-0.15, -0.1) is 0 Å². The number of hydrogen-bond donors (Lipinski definition) is 3. The van der Waals surface area contributed by atoms with Gasteiger partial charge in [-0.1, -0.05) is 12.1 Å². The van der Waals surface area contributed by atoms with Crippen molar-refractivity contribution in [2.75, 3.05) is 46.3 Å². The van der Waals surface area contributed by atoms with Crippen molar-refractivity contribution < 1.29 is 14.7 Å². The first-order valence-corrected chi connectivity index (χ1v) is 10.8. The number of para-hydroxylation sites is 1. The Kier molecular flexibility index (Phi) is 5.24. The van der Waals surface area contributed by atoms with Gasteiger partial charge in [-0.2, -0.15) is 0 Å². The lowest BCUT2D eigenvalue weighted by atomic mass is 10.0. The molecule has 0 atom stereocenters. The number of likely N-dealkylation sites (N-methyl/N-ethyl adjacent to an activating group) is 1. The number of aromatic nitrogens is 1. The number of Topliss-reactive ketones (excluding diaryl/α,β-unsaturated/α-hetero) is 1. The zero-order valence-corrected chi connectivity index (χ0v) is 17.9. The van der Waals surface area contributed by atoms with E-state index in [-0.39, 0.29) is 23.3 Å². The van der Waals surface area contributed by atoms with Crippen LogP contribution < -0.4 is 5.32 Å². The quantitative estimate of drug-likeness (QED) is 0.575. The molecule has 2 aliphatic heterocycles. The molecule has 32 heavy (non-hydrogen) atoms. The minimum Gasteiger partial charge on any atom is -0.494 e. The van der Waals surface area contributed by atoms with E-state index in [1.165, 1.54) is 0 Å². The predicted molar refractivity (Wildman–Crippen MR) is 123 cm³/mol. The number of ketones is 1. The molecular formula is C24H25N5O3. The van der Waals surface area contributed by atoms with Gasteiger partial charge in [0.2, 0.25) is 5.78 Å². The highest BCUT2D eigenvalue weighted by atomic mass is 16.3. The van der Waals surface area contributed by atoms with E-state index in [4.69, 9.17) is 0 Å². The number of aromatic hydroxyl groups is 1. The average Bonchev–Trinajstić information content (AvgIpc) is 3.30. The van der Waals surface area contributed by atoms with Crippen LogP contribution in [0.2, 0.25) is 0 Å². The Labute approximate surface area is 185 Å². The van der Waals surface area contributed by atoms with Crippen LogP contribution in [0.5, 0.6) is 5.88 Å². The first-order chi connectivity index (χ1) is 15.5. The van der Waals surface area contributed by atoms with Crippen molar-refractivity contribution in [3.8, 4) is 5.88 Å². The maximum absolute atomic E-state index is 12.9. The molecule has 2 aliphatic rings. The highest BCUT2D eigenvalue weighted by molar-refractivity contribution is 6.56. The second kappa shape index (κ2) is 8.22. The van der Waals surface area contributed by atoms with Crippen LogP contribution in [0.4, 0.5) is 5.69 Å². The Balaban J connectivity index is 1.35. The topological polar surface area (TPSA) is 101 Å². The number of hydrogen-bond acceptors (Lipinski definition) is 6. The van der Waals surface area contributed by atoms with Gasteiger partial charge in [0.05, 0.1) is 11.3 Å². The molecule has 1 amide bonds. The van der Waals surface area contributed by atoms with Crippen LogP contribution in [0.25, 0.3) is 10.9 Å². The molecule has 3 heterocycles. The van der Waals surface area contributed by atoms with Crippen molar-refractivity contribution in [2.24, 2.45) is 4.99 Å². The average molecular weight is 431 g/mol. The standard InChI is InChI=1S/C24H25N5O3/c1-28-10-12-29(13-11-28)9-8-25-23(31)15-6-7-19-17(14-15)20(24(32)27-19)21-22(30)16-4-2-3-5-18(16)26-21/h2-7,14,27,32H,8-13H2,1H3,(H,25,31). The number of aromatic amines is 1. The summed E-state index contributed by atoms with van der Waals surface area (Å²) in [5.41, 5.74) is 2.71. The fourth-order valence-corrected chi connectivity index (χ4v) is 4.29. The summed E-state index contributed by atoms with van der Waals surface area (Å²) in [4.78, 5) is 37.6. The van der Waals surface area contributed by atoms with Crippen LogP contribution in [0.15, 0.2) is 47.5 Å². The van der Waals surface area contributed by atoms with E-state index in [1.54, 1.807) is 36.4 Å². The van der Waals surface area contributed by atoms with Crippen LogP contribution in [0.3, 0.4) is 0 Å². The van der Waals surface area contributed by atoms with Gasteiger partial charge < -0.3 is 20.3 Å². The molecule has 8 nitrogen and oxygen atoms in total. The fraction of sp³-hybridized carbons (Fsp3) is 0.292. The smallest absolute Gasteiger partial charge is 0.251 e. The van der Waals surface area contributed by atoms with Crippen molar-refractivity contribution >= 4 is 34.0 Å². The lowest BCUT2D eigenvalue weighted by Crippen LogP contribution is -2.46. The molecule has 3 N–H and O–H groups in total. The fourth-order valence-electron chi connectivity index (χ4n) is 4.29. The lowest BCUT2D eigenvalue weighted by molar-refractivity contribution is 0.0940. The SMILES string of the molecule is CN1CCN(CCNC(=O)c2ccc3[nH]c(O)c(C4=Nc5ccccc5C4=O)c3c2)CC1. The van der Waals surface area contributed by atoms with Crippen LogP contribution in [-0.4, -0.2) is 83.6 Å². The van der Waals surface area contributed by atoms with E-state index in [2.05, 4.69) is 32.1 Å². The molecule has 1 saturated heterocycles. The van der Waals surface area contributed by atoms with E-state index in [0.29, 0.717) is 39.8 Å². The maximum atomic E-state index is 12.9. The van der Waals surface area contributed by atoms with Crippen molar-refractivity contribution in [3.63, 3.8) is 0 Å². The minimum atomic E-state index is -0.237. The predicted octanol–water partition coefficient (Wildman–Crippen LogP) is 2.17. The number of nitrogens with zero attached hydrogens (tertiary/aromatic N) is 3. The minimum absolute atomic E-state index is 0.132. The number of carbonyl (C=O) groups is 2. The van der Waals surface area contributed by atoms with Gasteiger partial charge in [-0.05, 0) is 37.4 Å². The summed E-state index contributed by atoms with van der Waals surface area (Å²) < 4.78 is 0. The van der Waals surface area contributed by atoms with Gasteiger partial charge in [0.15, 0.2) is 5.88 Å². The third-order valence-corrected chi connectivity index (χ3v) is 6.18. The van der Waals surface area contributed by atoms with Crippen molar-refractivity contribution in [1.82, 2.24) is 20.1 Å². The number of benzene rings is 2. The van der Waals surface area contributed by atoms with Crippen molar-refractivity contribution in [1.29, 1.82) is 0 Å². The summed E-state index contributed by atoms with van der Waals surface area (Å²) in [7, 11) is 2.12. The second-order valence-corrected chi connectivity index (χ2v) is 8.32. The summed E-state index contributed by atoms with van der Waals surface area (Å²) >= 11 is 0. The molecule has 164 valence electrons. The Bertz CT molecular complexity index is 1240. The van der Waals surface area contributed by atoms with Gasteiger partial charge >= 0.3 is 0 Å². The lowest BCUT2D eigenvalue weighted by Gasteiger charge is -2.32. The normalized spacial score (nSPS) is 16.9. The number of H-pyrrole nitrogens is 1. The Morgan fingerprint density at radius 3 is 2.72 bits per heavy atom. The molecule has 8 heteroatoms. The molecule has 0 saturated carbocycles. The summed E-state index contributed by atoms with van der Waals surface area (Å²) in [6, 6.07) is 12.2. The van der Waals surface area contributed by atoms with Crippen LogP contribution in [0, 0.1) is 0 Å². The van der Waals surface area contributed by atoms with Gasteiger partial charge in [0, 0.05) is 61.3 Å². The van der Waals surface area contributed by atoms with Gasteiger partial charge in [-0.3, -0.25) is 14.5 Å². The van der Waals surface area contributed by atoms with E-state index in [0.717, 1.165) is 32.7 Å². The molecule has 0 unspecified atom stereocenters. The number of carbonyl (C=O) groups excluding carboxylic acids is 2. The van der Waals surface area contributed by atoms with Gasteiger partial charge in [0.1, 0.15) is 5.71 Å². The van der Waals surface area contributed by atoms with Crippen molar-refractivity contribution in [2.45, 2.75) is 0 Å². The number of aliphatic imine (C=N–C) groups is 1. The second-order valence-electron chi connectivity index (χ2n) is 8.32. The van der Waals surface area contributed by atoms with Crippen LogP contribution in [0.1, 0.15) is 26.3 Å². The maximum Gasteiger partial charge on any atom is 0.251 e. The first-order valence-electron chi connectivity index (χ1n) is 10.8. The molecule has 0 bridgehead atoms. The first kappa shape index (κ1) is 20.4. The molecule has 3 aromatic rings. The summed E-state index contributed by atoms with van der Waals surface area (Å²) in [6.07, 6.45) is 0. The highest BCUT2D eigenvalue weighted by Crippen LogP contribution is 2.35. The Morgan fingerprint density at radius 1 is 1.16 bits per heavy atom. The summed E-state index contributed by atoms with van der Waals surface area (Å²) in [5, 5.41) is 14.1. The molecule has 0 radical (unpaired) electrons. The molecule has 5 rings (SSSR count). The summed E-state index contributed by atoms with van der Waals surface area (Å²) in [6.45, 7) is 5.45. The van der Waals surface area contributed by atoms with Crippen molar-refractivity contribution in [3.05, 3.63) is 59.2 Å². The van der Waals surface area contributed by atoms with Gasteiger partial charge in [0.25, 0.3) is 5.91 Å². The molecule has 1 aromatic heterocycles. The Morgan fingerprint density at radius 2 is 1.94 bits per heavy atom. The number of piperazine rings is 1. The van der Waals surface area contributed by atoms with E-state index < -0.39 is 0 Å². The number of rotatable bonds is 5. The zero-order chi connectivity index (χ0) is 22.2.